The summed E-state index contributed by atoms with van der Waals surface area (Å²) in [6.45, 7) is 5.41. The van der Waals surface area contributed by atoms with Crippen LogP contribution in [0.3, 0.4) is 0 Å². The molecule has 0 amide bonds. The zero-order chi connectivity index (χ0) is 14.4. The van der Waals surface area contributed by atoms with Crippen molar-refractivity contribution in [2.75, 3.05) is 19.7 Å². The molecule has 1 aliphatic heterocycles. The predicted octanol–water partition coefficient (Wildman–Crippen LogP) is 2.42. The fourth-order valence-corrected chi connectivity index (χ4v) is 2.19. The van der Waals surface area contributed by atoms with Crippen molar-refractivity contribution in [2.24, 2.45) is 0 Å². The molecule has 0 N–H and O–H groups in total. The largest absolute Gasteiger partial charge is 0.466 e. The summed E-state index contributed by atoms with van der Waals surface area (Å²) in [5, 5.41) is 0. The SMILES string of the molecule is CCOC(=O)CCC(=O)c1ccc(CN2CCC2)cc1. The standard InChI is InChI=1S/C16H21NO3/c1-2-20-16(19)9-8-15(18)14-6-4-13(5-7-14)12-17-10-3-11-17/h4-7H,2-3,8-12H2,1H3. The van der Waals surface area contributed by atoms with Crippen molar-refractivity contribution in [1.29, 1.82) is 0 Å². The van der Waals surface area contributed by atoms with Crippen LogP contribution in [0.5, 0.6) is 0 Å². The maximum Gasteiger partial charge on any atom is 0.306 e. The molecule has 1 fully saturated rings. The van der Waals surface area contributed by atoms with Crippen molar-refractivity contribution in [1.82, 2.24) is 4.90 Å². The van der Waals surface area contributed by atoms with Gasteiger partial charge >= 0.3 is 5.97 Å². The van der Waals surface area contributed by atoms with E-state index < -0.39 is 0 Å². The Kier molecular flexibility index (Phi) is 5.30. The Bertz CT molecular complexity index is 463. The second kappa shape index (κ2) is 7.20. The average molecular weight is 275 g/mol. The Morgan fingerprint density at radius 1 is 1.15 bits per heavy atom. The zero-order valence-corrected chi connectivity index (χ0v) is 11.9. The molecule has 0 saturated carbocycles. The van der Waals surface area contributed by atoms with Gasteiger partial charge in [-0.05, 0) is 32.0 Å². The van der Waals surface area contributed by atoms with E-state index in [1.165, 1.54) is 25.1 Å². The van der Waals surface area contributed by atoms with Crippen molar-refractivity contribution in [3.63, 3.8) is 0 Å². The van der Waals surface area contributed by atoms with Crippen LogP contribution in [0, 0.1) is 0 Å². The van der Waals surface area contributed by atoms with Crippen LogP contribution in [0.15, 0.2) is 24.3 Å². The molecule has 4 nitrogen and oxygen atoms in total. The Morgan fingerprint density at radius 2 is 1.85 bits per heavy atom. The van der Waals surface area contributed by atoms with E-state index in [0.29, 0.717) is 12.2 Å². The summed E-state index contributed by atoms with van der Waals surface area (Å²) in [7, 11) is 0. The first kappa shape index (κ1) is 14.7. The highest BCUT2D eigenvalue weighted by Gasteiger charge is 2.14. The lowest BCUT2D eigenvalue weighted by Gasteiger charge is -2.30. The smallest absolute Gasteiger partial charge is 0.306 e. The lowest BCUT2D eigenvalue weighted by atomic mass is 10.0. The lowest BCUT2D eigenvalue weighted by Crippen LogP contribution is -2.36. The number of hydrogen-bond donors (Lipinski definition) is 0. The lowest BCUT2D eigenvalue weighted by molar-refractivity contribution is -0.143. The summed E-state index contributed by atoms with van der Waals surface area (Å²) >= 11 is 0. The molecule has 20 heavy (non-hydrogen) atoms. The number of Topliss-reactive ketones (excluding diaryl/α,β-unsaturated/α-hetero) is 1. The molecule has 0 aromatic heterocycles. The second-order valence-corrected chi connectivity index (χ2v) is 5.05. The second-order valence-electron chi connectivity index (χ2n) is 5.05. The molecule has 0 atom stereocenters. The Labute approximate surface area is 119 Å². The summed E-state index contributed by atoms with van der Waals surface area (Å²) in [5.41, 5.74) is 1.90. The first-order valence-corrected chi connectivity index (χ1v) is 7.19. The van der Waals surface area contributed by atoms with Gasteiger partial charge in [-0.15, -0.1) is 0 Å². The molecular weight excluding hydrogens is 254 g/mol. The van der Waals surface area contributed by atoms with Crippen LogP contribution in [0.2, 0.25) is 0 Å². The van der Waals surface area contributed by atoms with Crippen molar-refractivity contribution < 1.29 is 14.3 Å². The van der Waals surface area contributed by atoms with E-state index in [-0.39, 0.29) is 24.6 Å². The molecule has 2 rings (SSSR count). The number of carbonyl (C=O) groups excluding carboxylic acids is 2. The molecule has 0 bridgehead atoms. The Balaban J connectivity index is 1.82. The minimum Gasteiger partial charge on any atom is -0.466 e. The van der Waals surface area contributed by atoms with Gasteiger partial charge in [0.2, 0.25) is 0 Å². The number of hydrogen-bond acceptors (Lipinski definition) is 4. The van der Waals surface area contributed by atoms with E-state index in [9.17, 15) is 9.59 Å². The molecular formula is C16H21NO3. The minimum absolute atomic E-state index is 0.00597. The van der Waals surface area contributed by atoms with Crippen LogP contribution in [-0.2, 0) is 16.1 Å². The van der Waals surface area contributed by atoms with Gasteiger partial charge in [-0.2, -0.15) is 0 Å². The van der Waals surface area contributed by atoms with Gasteiger partial charge in [-0.1, -0.05) is 24.3 Å². The maximum atomic E-state index is 11.9. The van der Waals surface area contributed by atoms with Crippen LogP contribution >= 0.6 is 0 Å². The topological polar surface area (TPSA) is 46.6 Å². The summed E-state index contributed by atoms with van der Waals surface area (Å²) in [6, 6.07) is 7.69. The normalized spacial score (nSPS) is 14.7. The van der Waals surface area contributed by atoms with Crippen molar-refractivity contribution in [3.8, 4) is 0 Å². The third kappa shape index (κ3) is 4.17. The predicted molar refractivity (Wildman–Crippen MR) is 76.5 cm³/mol. The molecule has 0 radical (unpaired) electrons. The highest BCUT2D eigenvalue weighted by molar-refractivity contribution is 5.97. The average Bonchev–Trinajstić information content (AvgIpc) is 2.41. The molecule has 1 aromatic rings. The number of benzene rings is 1. The number of ether oxygens (including phenoxy) is 1. The van der Waals surface area contributed by atoms with Crippen molar-refractivity contribution in [2.45, 2.75) is 32.7 Å². The quantitative estimate of drug-likeness (QED) is 0.566. The number of carbonyl (C=O) groups is 2. The van der Waals surface area contributed by atoms with Crippen LogP contribution in [-0.4, -0.2) is 36.3 Å². The number of likely N-dealkylation sites (tertiary alicyclic amines) is 1. The van der Waals surface area contributed by atoms with Gasteiger partial charge in [-0.25, -0.2) is 0 Å². The molecule has 0 aliphatic carbocycles. The highest BCUT2D eigenvalue weighted by Crippen LogP contribution is 2.14. The van der Waals surface area contributed by atoms with E-state index in [4.69, 9.17) is 4.74 Å². The number of ketones is 1. The fraction of sp³-hybridized carbons (Fsp3) is 0.500. The van der Waals surface area contributed by atoms with Gasteiger partial charge in [0, 0.05) is 18.5 Å². The number of nitrogens with zero attached hydrogens (tertiary/aromatic N) is 1. The van der Waals surface area contributed by atoms with Gasteiger partial charge in [0.05, 0.1) is 13.0 Å². The Hall–Kier alpha value is -1.68. The van der Waals surface area contributed by atoms with Gasteiger partial charge in [0.1, 0.15) is 0 Å². The maximum absolute atomic E-state index is 11.9. The molecule has 1 heterocycles. The van der Waals surface area contributed by atoms with Gasteiger partial charge in [0.15, 0.2) is 5.78 Å². The summed E-state index contributed by atoms with van der Waals surface area (Å²) in [5.74, 6) is -0.316. The minimum atomic E-state index is -0.310. The molecule has 0 unspecified atom stereocenters. The molecule has 1 aromatic carbocycles. The van der Waals surface area contributed by atoms with E-state index in [2.05, 4.69) is 4.90 Å². The summed E-state index contributed by atoms with van der Waals surface area (Å²) < 4.78 is 4.81. The molecule has 4 heteroatoms. The monoisotopic (exact) mass is 275 g/mol. The summed E-state index contributed by atoms with van der Waals surface area (Å²) in [6.07, 6.45) is 1.65. The molecule has 1 aliphatic rings. The van der Waals surface area contributed by atoms with Crippen LogP contribution in [0.4, 0.5) is 0 Å². The highest BCUT2D eigenvalue weighted by atomic mass is 16.5. The molecule has 1 saturated heterocycles. The first-order valence-electron chi connectivity index (χ1n) is 7.19. The Morgan fingerprint density at radius 3 is 2.40 bits per heavy atom. The van der Waals surface area contributed by atoms with Crippen LogP contribution in [0.25, 0.3) is 0 Å². The molecule has 108 valence electrons. The number of esters is 1. The molecule has 0 spiro atoms. The van der Waals surface area contributed by atoms with Crippen LogP contribution < -0.4 is 0 Å². The fourth-order valence-electron chi connectivity index (χ4n) is 2.19. The third-order valence-corrected chi connectivity index (χ3v) is 3.49. The van der Waals surface area contributed by atoms with Gasteiger partial charge < -0.3 is 4.74 Å². The summed E-state index contributed by atoms with van der Waals surface area (Å²) in [4.78, 5) is 25.5. The van der Waals surface area contributed by atoms with Crippen molar-refractivity contribution >= 4 is 11.8 Å². The zero-order valence-electron chi connectivity index (χ0n) is 11.9. The van der Waals surface area contributed by atoms with Gasteiger partial charge in [-0.3, -0.25) is 14.5 Å². The number of rotatable bonds is 7. The third-order valence-electron chi connectivity index (χ3n) is 3.49. The van der Waals surface area contributed by atoms with Crippen molar-refractivity contribution in [3.05, 3.63) is 35.4 Å². The van der Waals surface area contributed by atoms with Gasteiger partial charge in [0.25, 0.3) is 0 Å². The first-order chi connectivity index (χ1) is 9.69. The van der Waals surface area contributed by atoms with Crippen LogP contribution in [0.1, 0.15) is 42.1 Å². The van der Waals surface area contributed by atoms with E-state index >= 15 is 0 Å². The van der Waals surface area contributed by atoms with E-state index in [1.54, 1.807) is 6.92 Å². The van der Waals surface area contributed by atoms with E-state index in [1.807, 2.05) is 24.3 Å². The van der Waals surface area contributed by atoms with E-state index in [0.717, 1.165) is 6.54 Å².